The van der Waals surface area contributed by atoms with Crippen LogP contribution in [0.5, 0.6) is 5.75 Å². The van der Waals surface area contributed by atoms with E-state index in [1.54, 1.807) is 11.9 Å². The number of amides is 1. The van der Waals surface area contributed by atoms with E-state index < -0.39 is 0 Å². The zero-order valence-corrected chi connectivity index (χ0v) is 12.7. The third-order valence-electron chi connectivity index (χ3n) is 2.61. The van der Waals surface area contributed by atoms with Crippen LogP contribution in [0, 0.1) is 0 Å². The zero-order valence-electron chi connectivity index (χ0n) is 11.2. The summed E-state index contributed by atoms with van der Waals surface area (Å²) in [5, 5.41) is 7.67. The maximum Gasteiger partial charge on any atom is 0.284 e. The Morgan fingerprint density at radius 3 is 2.80 bits per heavy atom. The number of rotatable bonds is 5. The summed E-state index contributed by atoms with van der Waals surface area (Å²) in [6.07, 6.45) is 0. The summed E-state index contributed by atoms with van der Waals surface area (Å²) >= 11 is 6.76. The number of benzene rings is 1. The smallest absolute Gasteiger partial charge is 0.284 e. The van der Waals surface area contributed by atoms with Gasteiger partial charge >= 0.3 is 0 Å². The van der Waals surface area contributed by atoms with E-state index in [4.69, 9.17) is 16.3 Å². The van der Waals surface area contributed by atoms with Crippen molar-refractivity contribution in [2.24, 2.45) is 0 Å². The summed E-state index contributed by atoms with van der Waals surface area (Å²) < 4.78 is 5.80. The highest BCUT2D eigenvalue weighted by Gasteiger charge is 2.18. The number of carbonyl (C=O) groups is 1. The summed E-state index contributed by atoms with van der Waals surface area (Å²) in [4.78, 5) is 13.7. The standard InChI is InChI=1S/C13H14ClN3O2S/c1-3-19-10-7-5-4-6-9(10)8-17(2)12(18)11-15-16-13(14)20-11/h4-7H,3,8H2,1-2H3. The maximum absolute atomic E-state index is 12.2. The molecule has 0 saturated carbocycles. The lowest BCUT2D eigenvalue weighted by Crippen LogP contribution is -2.26. The van der Waals surface area contributed by atoms with Gasteiger partial charge in [-0.1, -0.05) is 29.5 Å². The molecule has 2 aromatic rings. The lowest BCUT2D eigenvalue weighted by atomic mass is 10.2. The van der Waals surface area contributed by atoms with Crippen molar-refractivity contribution in [3.63, 3.8) is 0 Å². The van der Waals surface area contributed by atoms with Crippen LogP contribution in [-0.2, 0) is 6.54 Å². The Balaban J connectivity index is 2.11. The first-order valence-electron chi connectivity index (χ1n) is 6.07. The van der Waals surface area contributed by atoms with Gasteiger partial charge in [0.15, 0.2) is 0 Å². The van der Waals surface area contributed by atoms with Crippen molar-refractivity contribution in [3.05, 3.63) is 39.3 Å². The fourth-order valence-corrected chi connectivity index (χ4v) is 2.54. The summed E-state index contributed by atoms with van der Waals surface area (Å²) in [7, 11) is 1.71. The second kappa shape index (κ2) is 6.67. The number of nitrogens with zero attached hydrogens (tertiary/aromatic N) is 3. The number of hydrogen-bond acceptors (Lipinski definition) is 5. The molecular weight excluding hydrogens is 298 g/mol. The van der Waals surface area contributed by atoms with Crippen LogP contribution in [0.2, 0.25) is 4.47 Å². The Morgan fingerprint density at radius 1 is 1.40 bits per heavy atom. The van der Waals surface area contributed by atoms with Crippen molar-refractivity contribution >= 4 is 28.8 Å². The predicted molar refractivity (Wildman–Crippen MR) is 78.3 cm³/mol. The van der Waals surface area contributed by atoms with Crippen molar-refractivity contribution in [3.8, 4) is 5.75 Å². The van der Waals surface area contributed by atoms with Gasteiger partial charge in [0, 0.05) is 19.2 Å². The second-order valence-electron chi connectivity index (χ2n) is 4.06. The minimum atomic E-state index is -0.208. The van der Waals surface area contributed by atoms with Gasteiger partial charge < -0.3 is 9.64 Å². The van der Waals surface area contributed by atoms with E-state index in [1.807, 2.05) is 31.2 Å². The van der Waals surface area contributed by atoms with E-state index in [0.29, 0.717) is 13.2 Å². The molecule has 5 nitrogen and oxygen atoms in total. The van der Waals surface area contributed by atoms with E-state index in [-0.39, 0.29) is 15.4 Å². The first-order chi connectivity index (χ1) is 9.61. The Labute approximate surface area is 126 Å². The molecule has 0 radical (unpaired) electrons. The average Bonchev–Trinajstić information content (AvgIpc) is 2.87. The zero-order chi connectivity index (χ0) is 14.5. The number of hydrogen-bond donors (Lipinski definition) is 0. The van der Waals surface area contributed by atoms with Crippen LogP contribution in [0.15, 0.2) is 24.3 Å². The van der Waals surface area contributed by atoms with Crippen LogP contribution in [-0.4, -0.2) is 34.7 Å². The molecule has 0 aliphatic rings. The number of halogens is 1. The molecule has 7 heteroatoms. The van der Waals surface area contributed by atoms with Gasteiger partial charge in [0.25, 0.3) is 5.91 Å². The van der Waals surface area contributed by atoms with Crippen LogP contribution in [0.25, 0.3) is 0 Å². The van der Waals surface area contributed by atoms with Crippen molar-refractivity contribution < 1.29 is 9.53 Å². The van der Waals surface area contributed by atoms with Crippen LogP contribution < -0.4 is 4.74 Å². The van der Waals surface area contributed by atoms with Gasteiger partial charge in [-0.05, 0) is 24.6 Å². The van der Waals surface area contributed by atoms with E-state index in [9.17, 15) is 4.79 Å². The third kappa shape index (κ3) is 3.46. The molecule has 0 spiro atoms. The molecule has 0 fully saturated rings. The Morgan fingerprint density at radius 2 is 2.15 bits per heavy atom. The summed E-state index contributed by atoms with van der Waals surface area (Å²) in [6, 6.07) is 7.64. The Bertz CT molecular complexity index is 603. The third-order valence-corrected chi connectivity index (χ3v) is 3.62. The minimum absolute atomic E-state index is 0.208. The van der Waals surface area contributed by atoms with Crippen molar-refractivity contribution in [1.82, 2.24) is 15.1 Å². The summed E-state index contributed by atoms with van der Waals surface area (Å²) in [6.45, 7) is 2.95. The SMILES string of the molecule is CCOc1ccccc1CN(C)C(=O)c1nnc(Cl)s1. The number of carbonyl (C=O) groups excluding carboxylic acids is 1. The largest absolute Gasteiger partial charge is 0.494 e. The molecule has 0 bridgehead atoms. The van der Waals surface area contributed by atoms with Crippen LogP contribution in [0.4, 0.5) is 0 Å². The monoisotopic (exact) mass is 311 g/mol. The first kappa shape index (κ1) is 14.7. The van der Waals surface area contributed by atoms with E-state index in [0.717, 1.165) is 22.6 Å². The highest BCUT2D eigenvalue weighted by molar-refractivity contribution is 7.17. The van der Waals surface area contributed by atoms with Crippen LogP contribution in [0.3, 0.4) is 0 Å². The minimum Gasteiger partial charge on any atom is -0.494 e. The summed E-state index contributed by atoms with van der Waals surface area (Å²) in [5.41, 5.74) is 0.945. The van der Waals surface area contributed by atoms with Gasteiger partial charge in [-0.15, -0.1) is 10.2 Å². The van der Waals surface area contributed by atoms with Gasteiger partial charge in [-0.3, -0.25) is 4.79 Å². The molecule has 0 unspecified atom stereocenters. The average molecular weight is 312 g/mol. The lowest BCUT2D eigenvalue weighted by molar-refractivity contribution is 0.0783. The Kier molecular flexibility index (Phi) is 4.92. The molecule has 0 aliphatic heterocycles. The van der Waals surface area contributed by atoms with Crippen LogP contribution >= 0.6 is 22.9 Å². The molecular formula is C13H14ClN3O2S. The normalized spacial score (nSPS) is 10.3. The van der Waals surface area contributed by atoms with E-state index in [1.165, 1.54) is 0 Å². The molecule has 2 rings (SSSR count). The van der Waals surface area contributed by atoms with Gasteiger partial charge in [0.05, 0.1) is 6.61 Å². The molecule has 0 N–H and O–H groups in total. The van der Waals surface area contributed by atoms with Gasteiger partial charge in [-0.25, -0.2) is 0 Å². The second-order valence-corrected chi connectivity index (χ2v) is 5.62. The molecule has 0 atom stereocenters. The number of para-hydroxylation sites is 1. The van der Waals surface area contributed by atoms with Gasteiger partial charge in [0.1, 0.15) is 5.75 Å². The van der Waals surface area contributed by atoms with E-state index in [2.05, 4.69) is 10.2 Å². The molecule has 106 valence electrons. The van der Waals surface area contributed by atoms with Gasteiger partial charge in [0.2, 0.25) is 9.47 Å². The fraction of sp³-hybridized carbons (Fsp3) is 0.308. The molecule has 0 aliphatic carbocycles. The van der Waals surface area contributed by atoms with Crippen molar-refractivity contribution in [2.75, 3.05) is 13.7 Å². The quantitative estimate of drug-likeness (QED) is 0.852. The van der Waals surface area contributed by atoms with Gasteiger partial charge in [-0.2, -0.15) is 0 Å². The Hall–Kier alpha value is -1.66. The molecule has 1 amide bonds. The first-order valence-corrected chi connectivity index (χ1v) is 7.26. The number of ether oxygens (including phenoxy) is 1. The molecule has 0 saturated heterocycles. The van der Waals surface area contributed by atoms with E-state index >= 15 is 0 Å². The van der Waals surface area contributed by atoms with Crippen molar-refractivity contribution in [2.45, 2.75) is 13.5 Å². The fourth-order valence-electron chi connectivity index (χ4n) is 1.71. The molecule has 1 aromatic carbocycles. The summed E-state index contributed by atoms with van der Waals surface area (Å²) in [5.74, 6) is 0.575. The molecule has 20 heavy (non-hydrogen) atoms. The predicted octanol–water partition coefficient (Wildman–Crippen LogP) is 2.86. The molecule has 1 aromatic heterocycles. The topological polar surface area (TPSA) is 55.3 Å². The maximum atomic E-state index is 12.2. The highest BCUT2D eigenvalue weighted by Crippen LogP contribution is 2.21. The number of aromatic nitrogens is 2. The van der Waals surface area contributed by atoms with Crippen LogP contribution in [0.1, 0.15) is 22.3 Å². The highest BCUT2D eigenvalue weighted by atomic mass is 35.5. The molecule has 1 heterocycles. The lowest BCUT2D eigenvalue weighted by Gasteiger charge is -2.17. The van der Waals surface area contributed by atoms with Crippen molar-refractivity contribution in [1.29, 1.82) is 0 Å².